The third kappa shape index (κ3) is 23.1. The van der Waals surface area contributed by atoms with Gasteiger partial charge in [-0.15, -0.1) is 0 Å². The van der Waals surface area contributed by atoms with Gasteiger partial charge >= 0.3 is 0 Å². The van der Waals surface area contributed by atoms with Crippen LogP contribution in [-0.2, 0) is 9.59 Å². The van der Waals surface area contributed by atoms with Gasteiger partial charge in [-0.25, -0.2) is 0 Å². The van der Waals surface area contributed by atoms with Crippen LogP contribution in [0.2, 0.25) is 0 Å². The standard InChI is InChI=1S/C25H50N2O2/c1-3-5-7-8-9-10-11-12-13-14-16-20-24(28)27-23-19-15-17-21-25(29)26-22-18-6-4-2/h3-23H2,1-2H3,(H,26,29)(H,27,28). The van der Waals surface area contributed by atoms with Gasteiger partial charge in [-0.1, -0.05) is 97.3 Å². The van der Waals surface area contributed by atoms with E-state index < -0.39 is 0 Å². The number of rotatable bonds is 22. The Morgan fingerprint density at radius 1 is 0.448 bits per heavy atom. The lowest BCUT2D eigenvalue weighted by Crippen LogP contribution is -2.25. The second-order valence-electron chi connectivity index (χ2n) is 8.50. The molecule has 0 spiro atoms. The second-order valence-corrected chi connectivity index (χ2v) is 8.50. The van der Waals surface area contributed by atoms with Gasteiger partial charge in [0, 0.05) is 25.9 Å². The Kier molecular flexibility index (Phi) is 22.4. The van der Waals surface area contributed by atoms with Crippen LogP contribution in [0.4, 0.5) is 0 Å². The van der Waals surface area contributed by atoms with E-state index in [2.05, 4.69) is 24.5 Å². The largest absolute Gasteiger partial charge is 0.356 e. The first kappa shape index (κ1) is 27.9. The number of carbonyl (C=O) groups excluding carboxylic acids is 2. The highest BCUT2D eigenvalue weighted by atomic mass is 16.2. The van der Waals surface area contributed by atoms with Crippen molar-refractivity contribution >= 4 is 11.8 Å². The fourth-order valence-electron chi connectivity index (χ4n) is 3.54. The summed E-state index contributed by atoms with van der Waals surface area (Å²) >= 11 is 0. The number of hydrogen-bond acceptors (Lipinski definition) is 2. The second kappa shape index (κ2) is 23.2. The molecule has 29 heavy (non-hydrogen) atoms. The topological polar surface area (TPSA) is 58.2 Å². The molecule has 4 nitrogen and oxygen atoms in total. The molecule has 4 heteroatoms. The number of amides is 2. The predicted octanol–water partition coefficient (Wildman–Crippen LogP) is 6.67. The minimum atomic E-state index is 0.168. The maximum atomic E-state index is 11.8. The molecule has 172 valence electrons. The zero-order valence-corrected chi connectivity index (χ0v) is 19.7. The average molecular weight is 411 g/mol. The summed E-state index contributed by atoms with van der Waals surface area (Å²) in [7, 11) is 0. The Balaban J connectivity index is 3.25. The van der Waals surface area contributed by atoms with Gasteiger partial charge in [-0.05, 0) is 25.7 Å². The summed E-state index contributed by atoms with van der Waals surface area (Å²) in [6.07, 6.45) is 22.0. The molecule has 0 unspecified atom stereocenters. The fraction of sp³-hybridized carbons (Fsp3) is 0.920. The summed E-state index contributed by atoms with van der Waals surface area (Å²) in [5.74, 6) is 0.358. The van der Waals surface area contributed by atoms with Crippen LogP contribution in [0.5, 0.6) is 0 Å². The number of carbonyl (C=O) groups is 2. The van der Waals surface area contributed by atoms with Crippen LogP contribution >= 0.6 is 0 Å². The van der Waals surface area contributed by atoms with Gasteiger partial charge in [0.15, 0.2) is 0 Å². The first-order valence-electron chi connectivity index (χ1n) is 12.7. The molecule has 0 aliphatic carbocycles. The normalized spacial score (nSPS) is 10.8. The number of hydrogen-bond donors (Lipinski definition) is 2. The third-order valence-electron chi connectivity index (χ3n) is 5.51. The molecule has 0 bridgehead atoms. The molecule has 0 aromatic rings. The van der Waals surface area contributed by atoms with Gasteiger partial charge < -0.3 is 10.6 Å². The quantitative estimate of drug-likeness (QED) is 0.196. The van der Waals surface area contributed by atoms with E-state index in [0.717, 1.165) is 45.2 Å². The van der Waals surface area contributed by atoms with Crippen LogP contribution in [0.3, 0.4) is 0 Å². The van der Waals surface area contributed by atoms with Crippen molar-refractivity contribution in [3.63, 3.8) is 0 Å². The van der Waals surface area contributed by atoms with Crippen LogP contribution in [-0.4, -0.2) is 24.9 Å². The van der Waals surface area contributed by atoms with Gasteiger partial charge in [-0.3, -0.25) is 9.59 Å². The Bertz CT molecular complexity index is 372. The Morgan fingerprint density at radius 3 is 1.21 bits per heavy atom. The van der Waals surface area contributed by atoms with E-state index in [1.807, 2.05) is 0 Å². The van der Waals surface area contributed by atoms with E-state index in [1.165, 1.54) is 77.0 Å². The maximum Gasteiger partial charge on any atom is 0.219 e. The molecule has 0 aliphatic heterocycles. The SMILES string of the molecule is CCCCCCCCCCCCCC(=O)NCCCCCC(=O)NCCCCC. The molecule has 0 rings (SSSR count). The summed E-state index contributed by atoms with van der Waals surface area (Å²) in [5, 5.41) is 5.99. The lowest BCUT2D eigenvalue weighted by molar-refractivity contribution is -0.122. The molecule has 2 amide bonds. The first-order valence-corrected chi connectivity index (χ1v) is 12.7. The molecule has 0 atom stereocenters. The maximum absolute atomic E-state index is 11.8. The van der Waals surface area contributed by atoms with E-state index in [0.29, 0.717) is 12.8 Å². The molecule has 0 aliphatic rings. The van der Waals surface area contributed by atoms with Crippen LogP contribution < -0.4 is 10.6 Å². The minimum absolute atomic E-state index is 0.168. The lowest BCUT2D eigenvalue weighted by Gasteiger charge is -2.06. The third-order valence-corrected chi connectivity index (χ3v) is 5.51. The molecular formula is C25H50N2O2. The highest BCUT2D eigenvalue weighted by Crippen LogP contribution is 2.11. The van der Waals surface area contributed by atoms with Gasteiger partial charge in [0.25, 0.3) is 0 Å². The monoisotopic (exact) mass is 410 g/mol. The van der Waals surface area contributed by atoms with Gasteiger partial charge in [0.2, 0.25) is 11.8 Å². The van der Waals surface area contributed by atoms with Crippen molar-refractivity contribution in [1.29, 1.82) is 0 Å². The van der Waals surface area contributed by atoms with Crippen molar-refractivity contribution < 1.29 is 9.59 Å². The fourth-order valence-corrected chi connectivity index (χ4v) is 3.54. The summed E-state index contributed by atoms with van der Waals surface area (Å²) in [5.41, 5.74) is 0. The average Bonchev–Trinajstić information content (AvgIpc) is 2.72. The van der Waals surface area contributed by atoms with Crippen molar-refractivity contribution in [2.24, 2.45) is 0 Å². The molecule has 0 heterocycles. The lowest BCUT2D eigenvalue weighted by atomic mass is 10.1. The first-order chi connectivity index (χ1) is 14.2. The van der Waals surface area contributed by atoms with E-state index in [1.54, 1.807) is 0 Å². The van der Waals surface area contributed by atoms with E-state index >= 15 is 0 Å². The summed E-state index contributed by atoms with van der Waals surface area (Å²) in [6, 6.07) is 0. The number of nitrogens with one attached hydrogen (secondary N) is 2. The molecule has 2 N–H and O–H groups in total. The predicted molar refractivity (Wildman–Crippen MR) is 125 cm³/mol. The molecular weight excluding hydrogens is 360 g/mol. The molecule has 0 radical (unpaired) electrons. The summed E-state index contributed by atoms with van der Waals surface area (Å²) in [6.45, 7) is 5.98. The minimum Gasteiger partial charge on any atom is -0.356 e. The van der Waals surface area contributed by atoms with Crippen molar-refractivity contribution in [3.05, 3.63) is 0 Å². The smallest absolute Gasteiger partial charge is 0.219 e. The van der Waals surface area contributed by atoms with E-state index in [-0.39, 0.29) is 11.8 Å². The van der Waals surface area contributed by atoms with Crippen LogP contribution in [0.15, 0.2) is 0 Å². The summed E-state index contributed by atoms with van der Waals surface area (Å²) in [4.78, 5) is 23.5. The zero-order valence-electron chi connectivity index (χ0n) is 19.7. The molecule has 0 aromatic heterocycles. The van der Waals surface area contributed by atoms with Crippen molar-refractivity contribution in [2.45, 2.75) is 136 Å². The van der Waals surface area contributed by atoms with Gasteiger partial charge in [0.05, 0.1) is 0 Å². The molecule has 0 saturated heterocycles. The Morgan fingerprint density at radius 2 is 0.759 bits per heavy atom. The Hall–Kier alpha value is -1.06. The van der Waals surface area contributed by atoms with Crippen LogP contribution in [0.1, 0.15) is 136 Å². The molecule has 0 aromatic carbocycles. The van der Waals surface area contributed by atoms with Crippen molar-refractivity contribution in [3.8, 4) is 0 Å². The highest BCUT2D eigenvalue weighted by Gasteiger charge is 2.02. The Labute approximate surface area is 181 Å². The van der Waals surface area contributed by atoms with Gasteiger partial charge in [-0.2, -0.15) is 0 Å². The van der Waals surface area contributed by atoms with Crippen molar-refractivity contribution in [2.75, 3.05) is 13.1 Å². The number of unbranched alkanes of at least 4 members (excludes halogenated alkanes) is 14. The zero-order chi connectivity index (χ0) is 21.4. The van der Waals surface area contributed by atoms with Crippen LogP contribution in [0.25, 0.3) is 0 Å². The van der Waals surface area contributed by atoms with Gasteiger partial charge in [0.1, 0.15) is 0 Å². The van der Waals surface area contributed by atoms with Crippen molar-refractivity contribution in [1.82, 2.24) is 10.6 Å². The molecule has 0 saturated carbocycles. The van der Waals surface area contributed by atoms with E-state index in [4.69, 9.17) is 0 Å². The summed E-state index contributed by atoms with van der Waals surface area (Å²) < 4.78 is 0. The van der Waals surface area contributed by atoms with E-state index in [9.17, 15) is 9.59 Å². The van der Waals surface area contributed by atoms with Crippen LogP contribution in [0, 0.1) is 0 Å². The molecule has 0 fully saturated rings. The highest BCUT2D eigenvalue weighted by molar-refractivity contribution is 5.76.